The first-order chi connectivity index (χ1) is 11.2. The van der Waals surface area contributed by atoms with Crippen molar-refractivity contribution in [2.45, 2.75) is 25.7 Å². The van der Waals surface area contributed by atoms with E-state index in [0.29, 0.717) is 16.2 Å². The number of aryl methyl sites for hydroxylation is 1. The zero-order valence-electron chi connectivity index (χ0n) is 13.0. The van der Waals surface area contributed by atoms with Crippen LogP contribution in [0, 0.1) is 0 Å². The number of anilines is 1. The molecular weight excluding hydrogens is 314 g/mol. The predicted molar refractivity (Wildman–Crippen MR) is 91.4 cm³/mol. The highest BCUT2D eigenvalue weighted by atomic mass is 35.5. The van der Waals surface area contributed by atoms with E-state index in [2.05, 4.69) is 15.1 Å². The van der Waals surface area contributed by atoms with Crippen LogP contribution in [0.15, 0.2) is 23.0 Å². The molecule has 1 fully saturated rings. The second kappa shape index (κ2) is 5.53. The van der Waals surface area contributed by atoms with Gasteiger partial charge in [-0.1, -0.05) is 24.4 Å². The molecule has 1 aliphatic heterocycles. The van der Waals surface area contributed by atoms with Gasteiger partial charge in [0, 0.05) is 25.2 Å². The Morgan fingerprint density at radius 1 is 1.09 bits per heavy atom. The molecule has 0 unspecified atom stereocenters. The fraction of sp³-hybridized carbons (Fsp3) is 0.438. The molecule has 0 bridgehead atoms. The Bertz CT molecular complexity index is 937. The Balaban J connectivity index is 2.03. The van der Waals surface area contributed by atoms with Crippen molar-refractivity contribution in [3.8, 4) is 0 Å². The molecule has 0 radical (unpaired) electrons. The number of hydrogen-bond donors (Lipinski definition) is 0. The molecule has 0 atom stereocenters. The molecule has 3 aromatic rings. The Kier molecular flexibility index (Phi) is 3.49. The zero-order valence-corrected chi connectivity index (χ0v) is 13.8. The van der Waals surface area contributed by atoms with E-state index in [9.17, 15) is 4.79 Å². The number of fused-ring (bicyclic) bond motifs is 3. The van der Waals surface area contributed by atoms with E-state index >= 15 is 0 Å². The second-order valence-corrected chi connectivity index (χ2v) is 6.50. The van der Waals surface area contributed by atoms with Crippen molar-refractivity contribution in [1.29, 1.82) is 0 Å². The monoisotopic (exact) mass is 331 g/mol. The lowest BCUT2D eigenvalue weighted by Gasteiger charge is -2.20. The van der Waals surface area contributed by atoms with Gasteiger partial charge in [0.15, 0.2) is 0 Å². The minimum Gasteiger partial charge on any atom is -0.341 e. The van der Waals surface area contributed by atoms with Crippen molar-refractivity contribution in [3.05, 3.63) is 33.6 Å². The van der Waals surface area contributed by atoms with E-state index in [-0.39, 0.29) is 5.56 Å². The quantitative estimate of drug-likeness (QED) is 0.688. The van der Waals surface area contributed by atoms with Gasteiger partial charge in [0.25, 0.3) is 5.56 Å². The molecule has 1 saturated heterocycles. The van der Waals surface area contributed by atoms with Crippen LogP contribution in [0.4, 0.5) is 5.95 Å². The minimum absolute atomic E-state index is 0.107. The molecule has 0 N–H and O–H groups in total. The third-order valence-corrected chi connectivity index (χ3v) is 4.79. The van der Waals surface area contributed by atoms with Gasteiger partial charge in [-0.15, -0.1) is 10.2 Å². The molecule has 1 aromatic carbocycles. The highest BCUT2D eigenvalue weighted by Gasteiger charge is 2.20. The van der Waals surface area contributed by atoms with Gasteiger partial charge < -0.3 is 4.90 Å². The molecule has 7 heteroatoms. The van der Waals surface area contributed by atoms with Crippen LogP contribution in [0.25, 0.3) is 16.7 Å². The van der Waals surface area contributed by atoms with Crippen LogP contribution in [-0.4, -0.2) is 32.3 Å². The van der Waals surface area contributed by atoms with Crippen LogP contribution >= 0.6 is 11.6 Å². The summed E-state index contributed by atoms with van der Waals surface area (Å²) in [5.74, 6) is 1.37. The van der Waals surface area contributed by atoms with Gasteiger partial charge in [-0.3, -0.25) is 9.36 Å². The summed E-state index contributed by atoms with van der Waals surface area (Å²) in [5.41, 5.74) is 0.696. The molecule has 23 heavy (non-hydrogen) atoms. The average molecular weight is 332 g/mol. The van der Waals surface area contributed by atoms with Gasteiger partial charge in [0.1, 0.15) is 0 Å². The first-order valence-electron chi connectivity index (χ1n) is 7.95. The summed E-state index contributed by atoms with van der Waals surface area (Å²) >= 11 is 6.08. The number of nitrogens with zero attached hydrogens (tertiary/aromatic N) is 5. The number of halogens is 1. The summed E-state index contributed by atoms with van der Waals surface area (Å²) < 4.78 is 3.51. The first kappa shape index (κ1) is 14.5. The molecule has 0 aliphatic carbocycles. The van der Waals surface area contributed by atoms with Crippen molar-refractivity contribution in [3.63, 3.8) is 0 Å². The van der Waals surface area contributed by atoms with Crippen LogP contribution in [-0.2, 0) is 7.05 Å². The van der Waals surface area contributed by atoms with Gasteiger partial charge in [-0.25, -0.2) is 4.40 Å². The number of benzene rings is 1. The lowest BCUT2D eigenvalue weighted by Crippen LogP contribution is -2.27. The fourth-order valence-electron chi connectivity index (χ4n) is 3.32. The SMILES string of the molecule is Cn1c(=O)c2cc(Cl)ccc2n2c(N3CCCCCC3)nnc12. The average Bonchev–Trinajstić information content (AvgIpc) is 2.81. The number of aromatic nitrogens is 4. The van der Waals surface area contributed by atoms with E-state index < -0.39 is 0 Å². The van der Waals surface area contributed by atoms with E-state index in [1.807, 2.05) is 10.5 Å². The Morgan fingerprint density at radius 3 is 2.57 bits per heavy atom. The van der Waals surface area contributed by atoms with Crippen LogP contribution < -0.4 is 10.5 Å². The Hall–Kier alpha value is -2.08. The molecule has 0 amide bonds. The largest absolute Gasteiger partial charge is 0.341 e. The van der Waals surface area contributed by atoms with Crippen molar-refractivity contribution in [1.82, 2.24) is 19.2 Å². The van der Waals surface area contributed by atoms with Gasteiger partial charge >= 0.3 is 0 Å². The third-order valence-electron chi connectivity index (χ3n) is 4.55. The smallest absolute Gasteiger partial charge is 0.262 e. The molecule has 0 spiro atoms. The van der Waals surface area contributed by atoms with Crippen molar-refractivity contribution < 1.29 is 0 Å². The van der Waals surface area contributed by atoms with E-state index in [1.54, 1.807) is 19.2 Å². The Morgan fingerprint density at radius 2 is 1.83 bits per heavy atom. The molecule has 3 heterocycles. The van der Waals surface area contributed by atoms with E-state index in [0.717, 1.165) is 37.4 Å². The summed E-state index contributed by atoms with van der Waals surface area (Å²) in [6.07, 6.45) is 4.82. The van der Waals surface area contributed by atoms with Crippen LogP contribution in [0.3, 0.4) is 0 Å². The zero-order chi connectivity index (χ0) is 16.0. The maximum absolute atomic E-state index is 12.5. The lowest BCUT2D eigenvalue weighted by molar-refractivity contribution is 0.726. The van der Waals surface area contributed by atoms with Gasteiger partial charge in [0.2, 0.25) is 11.7 Å². The number of hydrogen-bond acceptors (Lipinski definition) is 4. The van der Waals surface area contributed by atoms with Crippen molar-refractivity contribution in [2.24, 2.45) is 7.05 Å². The van der Waals surface area contributed by atoms with Gasteiger partial charge in [-0.2, -0.15) is 0 Å². The lowest BCUT2D eigenvalue weighted by atomic mass is 10.2. The topological polar surface area (TPSA) is 55.4 Å². The van der Waals surface area contributed by atoms with Crippen LogP contribution in [0.5, 0.6) is 0 Å². The Labute approximate surface area is 138 Å². The van der Waals surface area contributed by atoms with E-state index in [4.69, 9.17) is 11.6 Å². The number of rotatable bonds is 1. The molecule has 6 nitrogen and oxygen atoms in total. The fourth-order valence-corrected chi connectivity index (χ4v) is 3.49. The molecule has 1 aliphatic rings. The van der Waals surface area contributed by atoms with Gasteiger partial charge in [0.05, 0.1) is 10.9 Å². The van der Waals surface area contributed by atoms with E-state index in [1.165, 1.54) is 17.4 Å². The highest BCUT2D eigenvalue weighted by Crippen LogP contribution is 2.23. The van der Waals surface area contributed by atoms with Crippen molar-refractivity contribution >= 4 is 34.2 Å². The normalized spacial score (nSPS) is 16.2. The summed E-state index contributed by atoms with van der Waals surface area (Å²) in [6.45, 7) is 1.94. The van der Waals surface area contributed by atoms with Crippen molar-refractivity contribution in [2.75, 3.05) is 18.0 Å². The standard InChI is InChI=1S/C16H18ClN5O/c1-20-14(23)12-10-11(17)6-7-13(12)22-15(20)18-19-16(22)21-8-4-2-3-5-9-21/h6-7,10H,2-5,8-9H2,1H3. The molecular formula is C16H18ClN5O. The van der Waals surface area contributed by atoms with Crippen LogP contribution in [0.1, 0.15) is 25.7 Å². The second-order valence-electron chi connectivity index (χ2n) is 6.06. The summed E-state index contributed by atoms with van der Waals surface area (Å²) in [6, 6.07) is 5.39. The molecule has 0 saturated carbocycles. The maximum Gasteiger partial charge on any atom is 0.262 e. The predicted octanol–water partition coefficient (Wildman–Crippen LogP) is 2.62. The summed E-state index contributed by atoms with van der Waals surface area (Å²) in [7, 11) is 1.72. The van der Waals surface area contributed by atoms with Crippen LogP contribution in [0.2, 0.25) is 5.02 Å². The minimum atomic E-state index is -0.107. The highest BCUT2D eigenvalue weighted by molar-refractivity contribution is 6.31. The third kappa shape index (κ3) is 2.28. The summed E-state index contributed by atoms with van der Waals surface area (Å²) in [5, 5.41) is 9.78. The maximum atomic E-state index is 12.5. The first-order valence-corrected chi connectivity index (χ1v) is 8.33. The summed E-state index contributed by atoms with van der Waals surface area (Å²) in [4.78, 5) is 14.8. The molecule has 2 aromatic heterocycles. The molecule has 120 valence electrons. The van der Waals surface area contributed by atoms with Gasteiger partial charge in [-0.05, 0) is 31.0 Å². The molecule has 4 rings (SSSR count).